The van der Waals surface area contributed by atoms with E-state index in [1.165, 1.54) is 24.3 Å². The van der Waals surface area contributed by atoms with Crippen molar-refractivity contribution in [1.29, 1.82) is 0 Å². The molecule has 1 aromatic carbocycles. The van der Waals surface area contributed by atoms with E-state index in [-0.39, 0.29) is 23.8 Å². The second-order valence-electron chi connectivity index (χ2n) is 5.93. The molecule has 2 atom stereocenters. The number of rotatable bonds is 5. The molecule has 2 unspecified atom stereocenters. The van der Waals surface area contributed by atoms with Crippen LogP contribution in [0.2, 0.25) is 0 Å². The summed E-state index contributed by atoms with van der Waals surface area (Å²) in [5.41, 5.74) is 0.493. The van der Waals surface area contributed by atoms with E-state index in [1.807, 2.05) is 13.8 Å². The number of amides is 1. The fourth-order valence-corrected chi connectivity index (χ4v) is 2.28. The summed E-state index contributed by atoms with van der Waals surface area (Å²) < 4.78 is 12.8. The normalized spacial score (nSPS) is 21.1. The van der Waals surface area contributed by atoms with Crippen LogP contribution in [0.1, 0.15) is 31.7 Å². The average molecular weight is 279 g/mol. The average Bonchev–Trinajstić information content (AvgIpc) is 3.00. The van der Waals surface area contributed by atoms with E-state index < -0.39 is 17.7 Å². The summed E-state index contributed by atoms with van der Waals surface area (Å²) in [6.45, 7) is 4.03. The lowest BCUT2D eigenvalue weighted by atomic mass is 9.99. The van der Waals surface area contributed by atoms with Crippen molar-refractivity contribution in [1.82, 2.24) is 5.32 Å². The second kappa shape index (κ2) is 5.23. The van der Waals surface area contributed by atoms with Crippen LogP contribution in [-0.2, 0) is 9.59 Å². The molecule has 20 heavy (non-hydrogen) atoms. The van der Waals surface area contributed by atoms with Gasteiger partial charge in [0.2, 0.25) is 5.91 Å². The Balaban J connectivity index is 1.98. The van der Waals surface area contributed by atoms with Crippen LogP contribution >= 0.6 is 0 Å². The van der Waals surface area contributed by atoms with Crippen molar-refractivity contribution < 1.29 is 19.1 Å². The highest BCUT2D eigenvalue weighted by molar-refractivity contribution is 5.83. The fraction of sp³-hybridized carbons (Fsp3) is 0.467. The van der Waals surface area contributed by atoms with Crippen LogP contribution in [-0.4, -0.2) is 23.5 Å². The largest absolute Gasteiger partial charge is 0.481 e. The molecule has 0 radical (unpaired) electrons. The third-order valence-electron chi connectivity index (χ3n) is 3.88. The Kier molecular flexibility index (Phi) is 3.79. The van der Waals surface area contributed by atoms with Gasteiger partial charge >= 0.3 is 5.97 Å². The second-order valence-corrected chi connectivity index (χ2v) is 5.93. The van der Waals surface area contributed by atoms with Crippen molar-refractivity contribution in [2.45, 2.75) is 26.2 Å². The van der Waals surface area contributed by atoms with Crippen LogP contribution in [0.25, 0.3) is 0 Å². The quantitative estimate of drug-likeness (QED) is 0.868. The van der Waals surface area contributed by atoms with Crippen molar-refractivity contribution in [3.05, 3.63) is 35.6 Å². The molecule has 2 N–H and O–H groups in total. The Morgan fingerprint density at radius 1 is 1.40 bits per heavy atom. The molecule has 0 heterocycles. The van der Waals surface area contributed by atoms with Gasteiger partial charge in [-0.3, -0.25) is 9.59 Å². The zero-order valence-electron chi connectivity index (χ0n) is 11.5. The number of hydrogen-bond acceptors (Lipinski definition) is 2. The van der Waals surface area contributed by atoms with Crippen LogP contribution in [0.3, 0.4) is 0 Å². The minimum atomic E-state index is -1.04. The summed E-state index contributed by atoms with van der Waals surface area (Å²) >= 11 is 0. The molecule has 0 saturated heterocycles. The van der Waals surface area contributed by atoms with Crippen LogP contribution < -0.4 is 5.32 Å². The Labute approximate surface area is 117 Å². The lowest BCUT2D eigenvalue weighted by Gasteiger charge is -2.14. The zero-order valence-corrected chi connectivity index (χ0v) is 11.5. The molecule has 1 amide bonds. The summed E-state index contributed by atoms with van der Waals surface area (Å²) in [5.74, 6) is -2.46. The summed E-state index contributed by atoms with van der Waals surface area (Å²) in [6, 6.07) is 5.30. The maximum atomic E-state index is 12.8. The van der Waals surface area contributed by atoms with Gasteiger partial charge in [-0.05, 0) is 29.5 Å². The molecule has 4 nitrogen and oxygen atoms in total. The molecule has 1 aliphatic carbocycles. The van der Waals surface area contributed by atoms with Crippen LogP contribution in [0.5, 0.6) is 0 Å². The zero-order chi connectivity index (χ0) is 14.9. The number of benzene rings is 1. The third kappa shape index (κ3) is 3.15. The molecule has 0 aromatic heterocycles. The van der Waals surface area contributed by atoms with Crippen LogP contribution in [0, 0.1) is 17.2 Å². The Morgan fingerprint density at radius 3 is 2.40 bits per heavy atom. The van der Waals surface area contributed by atoms with Crippen molar-refractivity contribution in [2.75, 3.05) is 6.54 Å². The first kappa shape index (κ1) is 14.5. The lowest BCUT2D eigenvalue weighted by Crippen LogP contribution is -2.33. The molecule has 1 saturated carbocycles. The topological polar surface area (TPSA) is 66.4 Å². The highest BCUT2D eigenvalue weighted by Gasteiger charge is 2.50. The molecule has 0 bridgehead atoms. The Hall–Kier alpha value is -1.91. The number of carbonyl (C=O) groups is 2. The maximum absolute atomic E-state index is 12.8. The molecular weight excluding hydrogens is 261 g/mol. The number of carboxylic acids is 1. The number of hydrogen-bond donors (Lipinski definition) is 2. The first-order valence-corrected chi connectivity index (χ1v) is 6.57. The molecule has 1 aromatic rings. The van der Waals surface area contributed by atoms with E-state index >= 15 is 0 Å². The number of carbonyl (C=O) groups excluding carboxylic acids is 1. The molecule has 0 spiro atoms. The van der Waals surface area contributed by atoms with Crippen molar-refractivity contribution in [2.24, 2.45) is 11.3 Å². The first-order chi connectivity index (χ1) is 9.31. The fourth-order valence-electron chi connectivity index (χ4n) is 2.28. The van der Waals surface area contributed by atoms with Gasteiger partial charge in [0.1, 0.15) is 5.82 Å². The minimum Gasteiger partial charge on any atom is -0.481 e. The molecule has 1 fully saturated rings. The van der Waals surface area contributed by atoms with E-state index in [1.54, 1.807) is 0 Å². The number of carboxylic acid groups (broad SMARTS) is 1. The minimum absolute atomic E-state index is 0.0126. The molecule has 108 valence electrons. The van der Waals surface area contributed by atoms with Gasteiger partial charge < -0.3 is 10.4 Å². The summed E-state index contributed by atoms with van der Waals surface area (Å²) in [4.78, 5) is 23.1. The van der Waals surface area contributed by atoms with Gasteiger partial charge in [0.25, 0.3) is 0 Å². The highest BCUT2D eigenvalue weighted by atomic mass is 19.1. The monoisotopic (exact) mass is 279 g/mol. The first-order valence-electron chi connectivity index (χ1n) is 6.57. The summed E-state index contributed by atoms with van der Waals surface area (Å²) in [7, 11) is 0. The third-order valence-corrected chi connectivity index (χ3v) is 3.88. The molecule has 2 rings (SSSR count). The maximum Gasteiger partial charge on any atom is 0.312 e. The number of halogens is 1. The van der Waals surface area contributed by atoms with Gasteiger partial charge in [-0.25, -0.2) is 4.39 Å². The van der Waals surface area contributed by atoms with Gasteiger partial charge in [0, 0.05) is 12.5 Å². The van der Waals surface area contributed by atoms with Gasteiger partial charge in [0.05, 0.1) is 5.92 Å². The van der Waals surface area contributed by atoms with Crippen molar-refractivity contribution in [3.63, 3.8) is 0 Å². The van der Waals surface area contributed by atoms with E-state index in [2.05, 4.69) is 5.32 Å². The summed E-state index contributed by atoms with van der Waals surface area (Å²) in [6.07, 6.45) is 0.827. The molecule has 0 aliphatic heterocycles. The van der Waals surface area contributed by atoms with E-state index in [0.29, 0.717) is 5.56 Å². The Morgan fingerprint density at radius 2 is 1.95 bits per heavy atom. The standard InChI is InChI=1S/C15H18FNO3/c1-15(2)7-12(15)13(18)17-8-11(14(19)20)9-3-5-10(16)6-4-9/h3-6,11-12H,7-8H2,1-2H3,(H,17,18)(H,19,20). The smallest absolute Gasteiger partial charge is 0.312 e. The van der Waals surface area contributed by atoms with Gasteiger partial charge in [0.15, 0.2) is 0 Å². The SMILES string of the molecule is CC1(C)CC1C(=O)NCC(C(=O)O)c1ccc(F)cc1. The van der Waals surface area contributed by atoms with Gasteiger partial charge in [-0.1, -0.05) is 26.0 Å². The summed E-state index contributed by atoms with van der Waals surface area (Å²) in [5, 5.41) is 11.9. The number of aliphatic carboxylic acids is 1. The molecule has 5 heteroatoms. The van der Waals surface area contributed by atoms with Crippen molar-refractivity contribution in [3.8, 4) is 0 Å². The van der Waals surface area contributed by atoms with Gasteiger partial charge in [-0.2, -0.15) is 0 Å². The molecule has 1 aliphatic rings. The van der Waals surface area contributed by atoms with Crippen LogP contribution in [0.15, 0.2) is 24.3 Å². The van der Waals surface area contributed by atoms with Gasteiger partial charge in [-0.15, -0.1) is 0 Å². The van der Waals surface area contributed by atoms with E-state index in [4.69, 9.17) is 0 Å². The Bertz CT molecular complexity index is 524. The lowest BCUT2D eigenvalue weighted by molar-refractivity contribution is -0.138. The predicted octanol–water partition coefficient (Wildman–Crippen LogP) is 2.16. The highest BCUT2D eigenvalue weighted by Crippen LogP contribution is 2.51. The van der Waals surface area contributed by atoms with Crippen LogP contribution in [0.4, 0.5) is 4.39 Å². The van der Waals surface area contributed by atoms with Crippen molar-refractivity contribution >= 4 is 11.9 Å². The molecular formula is C15H18FNO3. The van der Waals surface area contributed by atoms with E-state index in [9.17, 15) is 19.1 Å². The van der Waals surface area contributed by atoms with E-state index in [0.717, 1.165) is 6.42 Å². The predicted molar refractivity (Wildman–Crippen MR) is 71.7 cm³/mol. The number of nitrogens with one attached hydrogen (secondary N) is 1.